The molecule has 1 amide bonds. The van der Waals surface area contributed by atoms with Crippen LogP contribution >= 0.6 is 22.9 Å². The van der Waals surface area contributed by atoms with Gasteiger partial charge in [-0.05, 0) is 30.0 Å². The molecule has 1 atom stereocenters. The van der Waals surface area contributed by atoms with E-state index in [1.165, 1.54) is 12.1 Å². The van der Waals surface area contributed by atoms with Crippen LogP contribution in [0.4, 0.5) is 10.2 Å². The van der Waals surface area contributed by atoms with E-state index in [0.29, 0.717) is 6.54 Å². The number of anilines is 1. The smallest absolute Gasteiger partial charge is 0.224 e. The maximum atomic E-state index is 13.8. The molecule has 1 saturated heterocycles. The first kappa shape index (κ1) is 18.0. The van der Waals surface area contributed by atoms with Crippen LogP contribution in [0.3, 0.4) is 0 Å². The summed E-state index contributed by atoms with van der Waals surface area (Å²) in [5.41, 5.74) is 1.22. The van der Waals surface area contributed by atoms with Gasteiger partial charge in [-0.2, -0.15) is 5.10 Å². The summed E-state index contributed by atoms with van der Waals surface area (Å²) in [6.45, 7) is 1.48. The second-order valence-corrected chi connectivity index (χ2v) is 7.85. The zero-order valence-corrected chi connectivity index (χ0v) is 16.0. The molecule has 0 aliphatic carbocycles. The Morgan fingerprint density at radius 2 is 2.30 bits per heavy atom. The number of benzene rings is 1. The number of aromatic amines is 1. The van der Waals surface area contributed by atoms with Crippen LogP contribution in [0.2, 0.25) is 5.02 Å². The van der Waals surface area contributed by atoms with E-state index >= 15 is 0 Å². The van der Waals surface area contributed by atoms with Crippen molar-refractivity contribution in [1.82, 2.24) is 15.5 Å². The van der Waals surface area contributed by atoms with Crippen LogP contribution in [0.25, 0.3) is 10.6 Å². The Bertz CT molecular complexity index is 923. The molecule has 0 unspecified atom stereocenters. The minimum absolute atomic E-state index is 0.00457. The topological polar surface area (TPSA) is 61.0 Å². The Morgan fingerprint density at radius 1 is 1.41 bits per heavy atom. The van der Waals surface area contributed by atoms with Crippen LogP contribution in [0.5, 0.6) is 0 Å². The first-order valence-corrected chi connectivity index (χ1v) is 9.92. The molecule has 2 aromatic heterocycles. The average Bonchev–Trinajstić information content (AvgIpc) is 3.38. The van der Waals surface area contributed by atoms with Crippen LogP contribution < -0.4 is 10.2 Å². The number of aromatic nitrogens is 2. The lowest BCUT2D eigenvalue weighted by Crippen LogP contribution is -2.38. The minimum Gasteiger partial charge on any atom is -0.353 e. The van der Waals surface area contributed by atoms with Gasteiger partial charge in [0, 0.05) is 35.8 Å². The van der Waals surface area contributed by atoms with Crippen molar-refractivity contribution >= 4 is 34.7 Å². The van der Waals surface area contributed by atoms with Gasteiger partial charge in [-0.1, -0.05) is 23.7 Å². The van der Waals surface area contributed by atoms with Gasteiger partial charge < -0.3 is 10.2 Å². The number of hydrogen-bond acceptors (Lipinski definition) is 4. The summed E-state index contributed by atoms with van der Waals surface area (Å²) in [5, 5.41) is 12.7. The van der Waals surface area contributed by atoms with E-state index in [-0.39, 0.29) is 29.0 Å². The Balaban J connectivity index is 1.35. The largest absolute Gasteiger partial charge is 0.353 e. The monoisotopic (exact) mass is 404 g/mol. The van der Waals surface area contributed by atoms with Gasteiger partial charge in [0.05, 0.1) is 17.0 Å². The molecule has 140 valence electrons. The van der Waals surface area contributed by atoms with Crippen molar-refractivity contribution < 1.29 is 9.18 Å². The van der Waals surface area contributed by atoms with Crippen molar-refractivity contribution in [3.63, 3.8) is 0 Å². The number of nitrogens with one attached hydrogen (secondary N) is 2. The third-order valence-corrected chi connectivity index (χ3v) is 5.88. The van der Waals surface area contributed by atoms with Gasteiger partial charge in [0.15, 0.2) is 5.82 Å². The molecule has 27 heavy (non-hydrogen) atoms. The van der Waals surface area contributed by atoms with Gasteiger partial charge in [-0.3, -0.25) is 9.89 Å². The number of carbonyl (C=O) groups excluding carboxylic acids is 1. The molecule has 8 heteroatoms. The van der Waals surface area contributed by atoms with Gasteiger partial charge in [-0.25, -0.2) is 4.39 Å². The Hall–Kier alpha value is -2.38. The molecule has 1 aromatic carbocycles. The molecule has 0 spiro atoms. The molecule has 1 aliphatic heterocycles. The highest BCUT2D eigenvalue weighted by Crippen LogP contribution is 2.27. The van der Waals surface area contributed by atoms with Crippen molar-refractivity contribution in [2.24, 2.45) is 0 Å². The standard InChI is InChI=1S/C19H18ClFN4OS/c20-14-3-1-4-15(21)13(14)9-19(26)22-12-6-7-25(11-12)18-10-16(23-24-18)17-5-2-8-27-17/h1-5,8,10,12H,6-7,9,11H2,(H,22,26)(H,23,24)/t12-/m1/s1. The predicted molar refractivity (Wildman–Crippen MR) is 106 cm³/mol. The molecular formula is C19H18ClFN4OS. The molecule has 3 heterocycles. The third kappa shape index (κ3) is 3.99. The zero-order chi connectivity index (χ0) is 18.8. The molecule has 3 aromatic rings. The average molecular weight is 405 g/mol. The third-order valence-electron chi connectivity index (χ3n) is 4.63. The van der Waals surface area contributed by atoms with Gasteiger partial charge in [0.1, 0.15) is 5.82 Å². The maximum absolute atomic E-state index is 13.8. The molecular weight excluding hydrogens is 387 g/mol. The van der Waals surface area contributed by atoms with Crippen LogP contribution in [0.1, 0.15) is 12.0 Å². The van der Waals surface area contributed by atoms with E-state index in [1.54, 1.807) is 17.4 Å². The van der Waals surface area contributed by atoms with Gasteiger partial charge >= 0.3 is 0 Å². The van der Waals surface area contributed by atoms with Crippen LogP contribution in [-0.2, 0) is 11.2 Å². The molecule has 0 radical (unpaired) electrons. The maximum Gasteiger partial charge on any atom is 0.224 e. The van der Waals surface area contributed by atoms with Crippen molar-refractivity contribution in [2.45, 2.75) is 18.9 Å². The first-order chi connectivity index (χ1) is 13.1. The zero-order valence-electron chi connectivity index (χ0n) is 14.4. The fraction of sp³-hybridized carbons (Fsp3) is 0.263. The molecule has 1 fully saturated rings. The van der Waals surface area contributed by atoms with E-state index in [0.717, 1.165) is 29.4 Å². The fourth-order valence-electron chi connectivity index (χ4n) is 3.26. The van der Waals surface area contributed by atoms with Crippen molar-refractivity contribution in [1.29, 1.82) is 0 Å². The lowest BCUT2D eigenvalue weighted by Gasteiger charge is -2.16. The Kier molecular flexibility index (Phi) is 5.13. The van der Waals surface area contributed by atoms with Crippen LogP contribution in [0, 0.1) is 5.82 Å². The minimum atomic E-state index is -0.455. The number of rotatable bonds is 5. The van der Waals surface area contributed by atoms with Crippen molar-refractivity contribution in [3.8, 4) is 10.6 Å². The molecule has 2 N–H and O–H groups in total. The van der Waals surface area contributed by atoms with E-state index in [9.17, 15) is 9.18 Å². The van der Waals surface area contributed by atoms with Crippen molar-refractivity contribution in [3.05, 3.63) is 58.2 Å². The first-order valence-electron chi connectivity index (χ1n) is 8.66. The number of carbonyl (C=O) groups is 1. The molecule has 5 nitrogen and oxygen atoms in total. The number of H-pyrrole nitrogens is 1. The Labute approximate surface area is 165 Å². The van der Waals surface area contributed by atoms with E-state index in [1.807, 2.05) is 23.6 Å². The highest BCUT2D eigenvalue weighted by Gasteiger charge is 2.26. The number of amides is 1. The lowest BCUT2D eigenvalue weighted by atomic mass is 10.1. The van der Waals surface area contributed by atoms with Gasteiger partial charge in [0.25, 0.3) is 0 Å². The summed E-state index contributed by atoms with van der Waals surface area (Å²) in [4.78, 5) is 15.6. The highest BCUT2D eigenvalue weighted by atomic mass is 35.5. The predicted octanol–water partition coefficient (Wildman–Crippen LogP) is 3.87. The van der Waals surface area contributed by atoms with Crippen LogP contribution in [-0.4, -0.2) is 35.2 Å². The summed E-state index contributed by atoms with van der Waals surface area (Å²) < 4.78 is 13.8. The quantitative estimate of drug-likeness (QED) is 0.678. The van der Waals surface area contributed by atoms with Crippen molar-refractivity contribution in [2.75, 3.05) is 18.0 Å². The second-order valence-electron chi connectivity index (χ2n) is 6.49. The molecule has 0 bridgehead atoms. The molecule has 0 saturated carbocycles. The summed E-state index contributed by atoms with van der Waals surface area (Å²) in [7, 11) is 0. The van der Waals surface area contributed by atoms with E-state index in [4.69, 9.17) is 11.6 Å². The number of halogens is 2. The van der Waals surface area contributed by atoms with Gasteiger partial charge in [-0.15, -0.1) is 11.3 Å². The summed E-state index contributed by atoms with van der Waals surface area (Å²) >= 11 is 7.65. The Morgan fingerprint density at radius 3 is 3.07 bits per heavy atom. The molecule has 4 rings (SSSR count). The normalized spacial score (nSPS) is 16.7. The van der Waals surface area contributed by atoms with E-state index < -0.39 is 5.82 Å². The highest BCUT2D eigenvalue weighted by molar-refractivity contribution is 7.13. The number of nitrogens with zero attached hydrogens (tertiary/aromatic N) is 2. The fourth-order valence-corrected chi connectivity index (χ4v) is 4.18. The summed E-state index contributed by atoms with van der Waals surface area (Å²) in [6, 6.07) is 10.5. The number of thiophene rings is 1. The summed E-state index contributed by atoms with van der Waals surface area (Å²) in [6.07, 6.45) is 0.755. The van der Waals surface area contributed by atoms with Crippen LogP contribution in [0.15, 0.2) is 41.8 Å². The summed E-state index contributed by atoms with van der Waals surface area (Å²) in [5.74, 6) is 0.186. The lowest BCUT2D eigenvalue weighted by molar-refractivity contribution is -0.121. The molecule has 1 aliphatic rings. The SMILES string of the molecule is O=C(Cc1c(F)cccc1Cl)N[C@@H]1CCN(c2cc(-c3cccs3)[nH]n2)C1. The number of hydrogen-bond donors (Lipinski definition) is 2. The van der Waals surface area contributed by atoms with Gasteiger partial charge in [0.2, 0.25) is 5.91 Å². The van der Waals surface area contributed by atoms with E-state index in [2.05, 4.69) is 20.4 Å². The second kappa shape index (κ2) is 7.70.